The van der Waals surface area contributed by atoms with Crippen molar-refractivity contribution in [2.75, 3.05) is 19.6 Å². The number of rotatable bonds is 5. The van der Waals surface area contributed by atoms with Crippen LogP contribution in [0.3, 0.4) is 0 Å². The molecule has 0 atom stereocenters. The van der Waals surface area contributed by atoms with Crippen molar-refractivity contribution in [3.05, 3.63) is 34.9 Å². The summed E-state index contributed by atoms with van der Waals surface area (Å²) in [7, 11) is 0. The standard InChI is InChI=1S/C16H23ClN2O/c1-2-9-19-10-7-14(8-11-19)16(20)18-12-13-3-5-15(17)6-4-13/h3-6,14H,2,7-12H2,1H3,(H,18,20). The van der Waals surface area contributed by atoms with Gasteiger partial charge in [0.2, 0.25) is 5.91 Å². The molecule has 1 heterocycles. The van der Waals surface area contributed by atoms with Gasteiger partial charge in [0.15, 0.2) is 0 Å². The number of carbonyl (C=O) groups excluding carboxylic acids is 1. The molecular formula is C16H23ClN2O. The molecule has 0 spiro atoms. The Morgan fingerprint density at radius 2 is 1.95 bits per heavy atom. The minimum atomic E-state index is 0.176. The van der Waals surface area contributed by atoms with Gasteiger partial charge in [-0.3, -0.25) is 4.79 Å². The molecule has 1 saturated heterocycles. The molecule has 0 unspecified atom stereocenters. The van der Waals surface area contributed by atoms with Crippen LogP contribution in [0.1, 0.15) is 31.7 Å². The third-order valence-corrected chi connectivity index (χ3v) is 4.13. The zero-order chi connectivity index (χ0) is 14.4. The molecule has 3 nitrogen and oxygen atoms in total. The van der Waals surface area contributed by atoms with E-state index >= 15 is 0 Å². The largest absolute Gasteiger partial charge is 0.352 e. The van der Waals surface area contributed by atoms with Gasteiger partial charge >= 0.3 is 0 Å². The monoisotopic (exact) mass is 294 g/mol. The normalized spacial score (nSPS) is 17.1. The lowest BCUT2D eigenvalue weighted by atomic mass is 9.95. The summed E-state index contributed by atoms with van der Waals surface area (Å²) in [6.45, 7) is 6.04. The van der Waals surface area contributed by atoms with Crippen molar-refractivity contribution < 1.29 is 4.79 Å². The Morgan fingerprint density at radius 1 is 1.30 bits per heavy atom. The summed E-state index contributed by atoms with van der Waals surface area (Å²) in [5.74, 6) is 0.367. The summed E-state index contributed by atoms with van der Waals surface area (Å²) in [4.78, 5) is 14.6. The average molecular weight is 295 g/mol. The van der Waals surface area contributed by atoms with E-state index < -0.39 is 0 Å². The molecule has 1 N–H and O–H groups in total. The van der Waals surface area contributed by atoms with Gasteiger partial charge in [-0.1, -0.05) is 30.7 Å². The number of halogens is 1. The smallest absolute Gasteiger partial charge is 0.223 e. The molecule has 4 heteroatoms. The summed E-state index contributed by atoms with van der Waals surface area (Å²) in [5, 5.41) is 3.76. The van der Waals surface area contributed by atoms with Crippen molar-refractivity contribution in [3.8, 4) is 0 Å². The van der Waals surface area contributed by atoms with E-state index in [4.69, 9.17) is 11.6 Å². The number of nitrogens with zero attached hydrogens (tertiary/aromatic N) is 1. The molecule has 1 amide bonds. The predicted octanol–water partition coefficient (Wildman–Crippen LogP) is 3.08. The molecule has 1 aliphatic heterocycles. The van der Waals surface area contributed by atoms with Crippen LogP contribution in [0.15, 0.2) is 24.3 Å². The Morgan fingerprint density at radius 3 is 2.55 bits per heavy atom. The van der Waals surface area contributed by atoms with E-state index in [9.17, 15) is 4.79 Å². The Hall–Kier alpha value is -1.06. The summed E-state index contributed by atoms with van der Waals surface area (Å²) in [6, 6.07) is 7.61. The Kier molecular flexibility index (Phi) is 5.86. The maximum atomic E-state index is 12.1. The second-order valence-electron chi connectivity index (χ2n) is 5.46. The minimum Gasteiger partial charge on any atom is -0.352 e. The van der Waals surface area contributed by atoms with Crippen molar-refractivity contribution in [2.24, 2.45) is 5.92 Å². The van der Waals surface area contributed by atoms with Gasteiger partial charge in [-0.05, 0) is 56.6 Å². The van der Waals surface area contributed by atoms with E-state index in [0.717, 1.165) is 43.1 Å². The van der Waals surface area contributed by atoms with Crippen LogP contribution in [-0.2, 0) is 11.3 Å². The quantitative estimate of drug-likeness (QED) is 0.905. The van der Waals surface area contributed by atoms with Crippen LogP contribution in [0.5, 0.6) is 0 Å². The van der Waals surface area contributed by atoms with E-state index in [1.807, 2.05) is 24.3 Å². The van der Waals surface area contributed by atoms with Crippen LogP contribution < -0.4 is 5.32 Å². The summed E-state index contributed by atoms with van der Waals surface area (Å²) < 4.78 is 0. The van der Waals surface area contributed by atoms with Crippen molar-refractivity contribution in [1.82, 2.24) is 10.2 Å². The number of piperidine rings is 1. The number of hydrogen-bond acceptors (Lipinski definition) is 2. The molecule has 2 rings (SSSR count). The topological polar surface area (TPSA) is 32.3 Å². The first-order chi connectivity index (χ1) is 9.69. The van der Waals surface area contributed by atoms with Crippen LogP contribution in [-0.4, -0.2) is 30.4 Å². The highest BCUT2D eigenvalue weighted by Gasteiger charge is 2.24. The fourth-order valence-electron chi connectivity index (χ4n) is 2.67. The lowest BCUT2D eigenvalue weighted by Crippen LogP contribution is -2.40. The maximum absolute atomic E-state index is 12.1. The Bertz CT molecular complexity index is 425. The van der Waals surface area contributed by atoms with E-state index in [1.165, 1.54) is 6.42 Å². The summed E-state index contributed by atoms with van der Waals surface area (Å²) >= 11 is 5.84. The second kappa shape index (κ2) is 7.65. The van der Waals surface area contributed by atoms with Gasteiger partial charge in [-0.15, -0.1) is 0 Å². The molecule has 20 heavy (non-hydrogen) atoms. The zero-order valence-corrected chi connectivity index (χ0v) is 12.8. The first kappa shape index (κ1) is 15.3. The van der Waals surface area contributed by atoms with Crippen molar-refractivity contribution in [3.63, 3.8) is 0 Å². The van der Waals surface area contributed by atoms with Crippen LogP contribution in [0.4, 0.5) is 0 Å². The number of nitrogens with one attached hydrogen (secondary N) is 1. The van der Waals surface area contributed by atoms with E-state index in [0.29, 0.717) is 6.54 Å². The van der Waals surface area contributed by atoms with E-state index in [1.54, 1.807) is 0 Å². The predicted molar refractivity (Wildman–Crippen MR) is 82.8 cm³/mol. The molecule has 0 saturated carbocycles. The molecular weight excluding hydrogens is 272 g/mol. The molecule has 0 bridgehead atoms. The number of hydrogen-bond donors (Lipinski definition) is 1. The molecule has 1 aromatic carbocycles. The molecule has 0 aliphatic carbocycles. The first-order valence-electron chi connectivity index (χ1n) is 7.43. The van der Waals surface area contributed by atoms with Gasteiger partial charge in [-0.25, -0.2) is 0 Å². The third kappa shape index (κ3) is 4.50. The molecule has 1 aliphatic rings. The van der Waals surface area contributed by atoms with E-state index in [-0.39, 0.29) is 11.8 Å². The maximum Gasteiger partial charge on any atom is 0.223 e. The number of likely N-dealkylation sites (tertiary alicyclic amines) is 1. The SMILES string of the molecule is CCCN1CCC(C(=O)NCc2ccc(Cl)cc2)CC1. The van der Waals surface area contributed by atoms with Gasteiger partial charge in [0.1, 0.15) is 0 Å². The van der Waals surface area contributed by atoms with Crippen LogP contribution in [0, 0.1) is 5.92 Å². The number of benzene rings is 1. The third-order valence-electron chi connectivity index (χ3n) is 3.88. The lowest BCUT2D eigenvalue weighted by Gasteiger charge is -2.30. The molecule has 1 fully saturated rings. The molecule has 0 aromatic heterocycles. The highest BCUT2D eigenvalue weighted by molar-refractivity contribution is 6.30. The average Bonchev–Trinajstić information content (AvgIpc) is 2.47. The second-order valence-corrected chi connectivity index (χ2v) is 5.90. The fraction of sp³-hybridized carbons (Fsp3) is 0.562. The molecule has 0 radical (unpaired) electrons. The summed E-state index contributed by atoms with van der Waals surface area (Å²) in [5.41, 5.74) is 1.09. The van der Waals surface area contributed by atoms with Crippen LogP contribution >= 0.6 is 11.6 Å². The highest BCUT2D eigenvalue weighted by Crippen LogP contribution is 2.17. The first-order valence-corrected chi connectivity index (χ1v) is 7.81. The van der Waals surface area contributed by atoms with Crippen molar-refractivity contribution in [2.45, 2.75) is 32.7 Å². The Balaban J connectivity index is 1.74. The van der Waals surface area contributed by atoms with Crippen LogP contribution in [0.2, 0.25) is 5.02 Å². The number of amides is 1. The van der Waals surface area contributed by atoms with Gasteiger partial charge in [0, 0.05) is 17.5 Å². The van der Waals surface area contributed by atoms with Crippen LogP contribution in [0.25, 0.3) is 0 Å². The summed E-state index contributed by atoms with van der Waals surface area (Å²) in [6.07, 6.45) is 3.15. The van der Waals surface area contributed by atoms with Gasteiger partial charge in [0.05, 0.1) is 0 Å². The Labute approximate surface area is 126 Å². The minimum absolute atomic E-state index is 0.176. The fourth-order valence-corrected chi connectivity index (χ4v) is 2.80. The molecule has 1 aromatic rings. The van der Waals surface area contributed by atoms with Gasteiger partial charge in [-0.2, -0.15) is 0 Å². The van der Waals surface area contributed by atoms with Crippen molar-refractivity contribution in [1.29, 1.82) is 0 Å². The molecule has 110 valence electrons. The van der Waals surface area contributed by atoms with Gasteiger partial charge in [0.25, 0.3) is 0 Å². The zero-order valence-electron chi connectivity index (χ0n) is 12.1. The van der Waals surface area contributed by atoms with Crippen molar-refractivity contribution >= 4 is 17.5 Å². The highest BCUT2D eigenvalue weighted by atomic mass is 35.5. The number of carbonyl (C=O) groups is 1. The lowest BCUT2D eigenvalue weighted by molar-refractivity contribution is -0.126. The van der Waals surface area contributed by atoms with E-state index in [2.05, 4.69) is 17.1 Å². The van der Waals surface area contributed by atoms with Gasteiger partial charge < -0.3 is 10.2 Å².